The predicted molar refractivity (Wildman–Crippen MR) is 76.1 cm³/mol. The molecule has 2 N–H and O–H groups in total. The summed E-state index contributed by atoms with van der Waals surface area (Å²) < 4.78 is 6.63. The van der Waals surface area contributed by atoms with Crippen molar-refractivity contribution in [3.05, 3.63) is 51.1 Å². The van der Waals surface area contributed by atoms with E-state index < -0.39 is 0 Å². The van der Waals surface area contributed by atoms with Crippen molar-refractivity contribution >= 4 is 27.5 Å². The first-order valence-corrected chi connectivity index (χ1v) is 6.56. The summed E-state index contributed by atoms with van der Waals surface area (Å²) in [6, 6.07) is 7.31. The summed E-state index contributed by atoms with van der Waals surface area (Å²) in [6.45, 7) is 2.35. The van der Waals surface area contributed by atoms with Crippen LogP contribution in [0.5, 0.6) is 11.6 Å². The van der Waals surface area contributed by atoms with Gasteiger partial charge < -0.3 is 10.5 Å². The second kappa shape index (κ2) is 5.69. The molecule has 5 heteroatoms. The Morgan fingerprint density at radius 3 is 2.89 bits per heavy atom. The second-order valence-corrected chi connectivity index (χ2v) is 5.12. The Kier molecular flexibility index (Phi) is 4.22. The average Bonchev–Trinajstić information content (AvgIpc) is 2.34. The van der Waals surface area contributed by atoms with Crippen LogP contribution in [0.4, 0.5) is 0 Å². The standard InChI is InChI=1S/C13H12BrClN2O/c1-8-4-5-17-13(10(8)7-16)18-12-6-9(14)2-3-11(12)15/h2-6H,7,16H2,1H3. The molecule has 0 aliphatic rings. The number of nitrogens with zero attached hydrogens (tertiary/aromatic N) is 1. The molecule has 0 spiro atoms. The Morgan fingerprint density at radius 1 is 1.39 bits per heavy atom. The fraction of sp³-hybridized carbons (Fsp3) is 0.154. The van der Waals surface area contributed by atoms with Crippen molar-refractivity contribution in [2.45, 2.75) is 13.5 Å². The van der Waals surface area contributed by atoms with E-state index in [2.05, 4.69) is 20.9 Å². The van der Waals surface area contributed by atoms with E-state index in [1.54, 1.807) is 18.3 Å². The fourth-order valence-corrected chi connectivity index (χ4v) is 2.06. The molecule has 0 aliphatic carbocycles. The van der Waals surface area contributed by atoms with Gasteiger partial charge in [-0.1, -0.05) is 27.5 Å². The maximum atomic E-state index is 6.08. The molecular formula is C13H12BrClN2O. The molecule has 18 heavy (non-hydrogen) atoms. The van der Waals surface area contributed by atoms with Gasteiger partial charge in [0.15, 0.2) is 0 Å². The number of hydrogen-bond donors (Lipinski definition) is 1. The van der Waals surface area contributed by atoms with E-state index in [0.717, 1.165) is 15.6 Å². The van der Waals surface area contributed by atoms with E-state index in [9.17, 15) is 0 Å². The van der Waals surface area contributed by atoms with Crippen molar-refractivity contribution in [3.8, 4) is 11.6 Å². The van der Waals surface area contributed by atoms with Crippen LogP contribution in [0, 0.1) is 6.92 Å². The average molecular weight is 328 g/mol. The Hall–Kier alpha value is -1.10. The van der Waals surface area contributed by atoms with E-state index in [1.165, 1.54) is 0 Å². The molecule has 0 saturated carbocycles. The van der Waals surface area contributed by atoms with Crippen LogP contribution >= 0.6 is 27.5 Å². The van der Waals surface area contributed by atoms with Crippen molar-refractivity contribution in [3.63, 3.8) is 0 Å². The molecule has 3 nitrogen and oxygen atoms in total. The van der Waals surface area contributed by atoms with Crippen molar-refractivity contribution < 1.29 is 4.74 Å². The third-order valence-corrected chi connectivity index (χ3v) is 3.36. The molecule has 2 aromatic rings. The molecule has 0 bridgehead atoms. The third-order valence-electron chi connectivity index (χ3n) is 2.55. The molecule has 0 saturated heterocycles. The van der Waals surface area contributed by atoms with Crippen LogP contribution in [-0.2, 0) is 6.54 Å². The zero-order chi connectivity index (χ0) is 13.1. The minimum absolute atomic E-state index is 0.376. The van der Waals surface area contributed by atoms with E-state index in [-0.39, 0.29) is 0 Å². The highest BCUT2D eigenvalue weighted by atomic mass is 79.9. The predicted octanol–water partition coefficient (Wildman–Crippen LogP) is 4.06. The smallest absolute Gasteiger partial charge is 0.224 e. The first kappa shape index (κ1) is 13.3. The quantitative estimate of drug-likeness (QED) is 0.925. The summed E-state index contributed by atoms with van der Waals surface area (Å²) >= 11 is 9.45. The summed E-state index contributed by atoms with van der Waals surface area (Å²) in [5, 5.41) is 0.532. The normalized spacial score (nSPS) is 10.4. The van der Waals surface area contributed by atoms with Gasteiger partial charge in [-0.25, -0.2) is 4.98 Å². The van der Waals surface area contributed by atoms with Gasteiger partial charge in [0.2, 0.25) is 5.88 Å². The van der Waals surface area contributed by atoms with Crippen LogP contribution in [0.1, 0.15) is 11.1 Å². The Bertz CT molecular complexity index is 575. The molecule has 1 aromatic heterocycles. The summed E-state index contributed by atoms with van der Waals surface area (Å²) in [4.78, 5) is 4.20. The first-order chi connectivity index (χ1) is 8.61. The van der Waals surface area contributed by atoms with Gasteiger partial charge >= 0.3 is 0 Å². The summed E-state index contributed by atoms with van der Waals surface area (Å²) in [5.41, 5.74) is 7.64. The van der Waals surface area contributed by atoms with Gasteiger partial charge in [0, 0.05) is 22.8 Å². The number of nitrogens with two attached hydrogens (primary N) is 1. The van der Waals surface area contributed by atoms with Gasteiger partial charge in [0.1, 0.15) is 5.75 Å². The van der Waals surface area contributed by atoms with Gasteiger partial charge in [-0.3, -0.25) is 0 Å². The number of hydrogen-bond acceptors (Lipinski definition) is 3. The number of pyridine rings is 1. The van der Waals surface area contributed by atoms with Gasteiger partial charge in [-0.15, -0.1) is 0 Å². The Labute approximate surface area is 119 Å². The highest BCUT2D eigenvalue weighted by Crippen LogP contribution is 2.32. The summed E-state index contributed by atoms with van der Waals surface area (Å²) in [5.74, 6) is 1.05. The largest absolute Gasteiger partial charge is 0.437 e. The number of rotatable bonds is 3. The van der Waals surface area contributed by atoms with Crippen molar-refractivity contribution in [2.24, 2.45) is 5.73 Å². The maximum Gasteiger partial charge on any atom is 0.224 e. The number of aryl methyl sites for hydroxylation is 1. The van der Waals surface area contributed by atoms with E-state index in [1.807, 2.05) is 19.1 Å². The van der Waals surface area contributed by atoms with Gasteiger partial charge in [-0.2, -0.15) is 0 Å². The fourth-order valence-electron chi connectivity index (χ4n) is 1.56. The van der Waals surface area contributed by atoms with Gasteiger partial charge in [-0.05, 0) is 36.8 Å². The van der Waals surface area contributed by atoms with Crippen molar-refractivity contribution in [1.82, 2.24) is 4.98 Å². The highest BCUT2D eigenvalue weighted by Gasteiger charge is 2.10. The van der Waals surface area contributed by atoms with Crippen LogP contribution in [0.15, 0.2) is 34.9 Å². The van der Waals surface area contributed by atoms with Crippen molar-refractivity contribution in [1.29, 1.82) is 0 Å². The van der Waals surface area contributed by atoms with Crippen LogP contribution < -0.4 is 10.5 Å². The Morgan fingerprint density at radius 2 is 2.17 bits per heavy atom. The summed E-state index contributed by atoms with van der Waals surface area (Å²) in [6.07, 6.45) is 1.69. The molecule has 0 radical (unpaired) electrons. The van der Waals surface area contributed by atoms with Crippen LogP contribution in [0.2, 0.25) is 5.02 Å². The zero-order valence-electron chi connectivity index (χ0n) is 9.78. The topological polar surface area (TPSA) is 48.1 Å². The molecule has 0 amide bonds. The zero-order valence-corrected chi connectivity index (χ0v) is 12.1. The second-order valence-electron chi connectivity index (χ2n) is 3.79. The highest BCUT2D eigenvalue weighted by molar-refractivity contribution is 9.10. The minimum Gasteiger partial charge on any atom is -0.437 e. The molecule has 94 valence electrons. The van der Waals surface area contributed by atoms with E-state index in [0.29, 0.717) is 23.2 Å². The SMILES string of the molecule is Cc1ccnc(Oc2cc(Br)ccc2Cl)c1CN. The minimum atomic E-state index is 0.376. The van der Waals surface area contributed by atoms with Gasteiger partial charge in [0.25, 0.3) is 0 Å². The summed E-state index contributed by atoms with van der Waals surface area (Å²) in [7, 11) is 0. The Balaban J connectivity index is 2.40. The lowest BCUT2D eigenvalue weighted by Gasteiger charge is -2.12. The molecule has 2 rings (SSSR count). The molecule has 0 unspecified atom stereocenters. The third kappa shape index (κ3) is 2.83. The first-order valence-electron chi connectivity index (χ1n) is 5.39. The number of benzene rings is 1. The lowest BCUT2D eigenvalue weighted by Crippen LogP contribution is -2.03. The molecule has 0 aliphatic heterocycles. The van der Waals surface area contributed by atoms with Gasteiger partial charge in [0.05, 0.1) is 5.02 Å². The lowest BCUT2D eigenvalue weighted by molar-refractivity contribution is 0.455. The van der Waals surface area contributed by atoms with Crippen molar-refractivity contribution in [2.75, 3.05) is 0 Å². The number of ether oxygens (including phenoxy) is 1. The lowest BCUT2D eigenvalue weighted by atomic mass is 10.1. The number of aromatic nitrogens is 1. The molecular weight excluding hydrogens is 316 g/mol. The monoisotopic (exact) mass is 326 g/mol. The number of halogens is 2. The molecule has 0 fully saturated rings. The van der Waals surface area contributed by atoms with E-state index >= 15 is 0 Å². The van der Waals surface area contributed by atoms with Crippen LogP contribution in [0.25, 0.3) is 0 Å². The molecule has 0 atom stereocenters. The molecule has 1 aromatic carbocycles. The van der Waals surface area contributed by atoms with E-state index in [4.69, 9.17) is 22.1 Å². The molecule has 1 heterocycles. The van der Waals surface area contributed by atoms with Crippen LogP contribution in [0.3, 0.4) is 0 Å². The van der Waals surface area contributed by atoms with Crippen LogP contribution in [-0.4, -0.2) is 4.98 Å². The maximum absolute atomic E-state index is 6.08.